The van der Waals surface area contributed by atoms with Crippen LogP contribution in [0.3, 0.4) is 0 Å². The molecule has 1 aromatic heterocycles. The van der Waals surface area contributed by atoms with E-state index < -0.39 is 207 Å². The van der Waals surface area contributed by atoms with E-state index in [-0.39, 0.29) is 77.0 Å². The molecule has 0 saturated carbocycles. The van der Waals surface area contributed by atoms with Crippen LogP contribution in [0.5, 0.6) is 0 Å². The van der Waals surface area contributed by atoms with E-state index in [2.05, 4.69) is 74.1 Å². The predicted molar refractivity (Wildman–Crippen MR) is 361 cm³/mol. The SMILES string of the molecule is CC(C)[C@H](NC(=O)[C@H](CCCCN)NC(=O)CNC(=O)[C@H](CC(=O)O)NC(=O)[C@H](CCCCN)NC(=O)CNC(=O)[C@H](CC(N)=O)NC(=O)[C@@H]1CCCN1C(=O)CNC(=O)[C@H](Cc1c[nH]c2ccccc12)NC(=O)[C@@H]1CCCN1C(=O)CNC(=O)[C@H](C)NC(=O)[C@@H]1CCCN1)C(=O)NCC(=O)O. The first-order chi connectivity index (χ1) is 48.5. The van der Waals surface area contributed by atoms with Gasteiger partial charge in [0, 0.05) is 36.6 Å². The molecule has 38 nitrogen and oxygen atoms in total. The molecule has 3 aliphatic rings. The number of nitrogens with two attached hydrogens (primary N) is 3. The molecule has 562 valence electrons. The van der Waals surface area contributed by atoms with Crippen molar-refractivity contribution in [3.8, 4) is 0 Å². The van der Waals surface area contributed by atoms with Crippen molar-refractivity contribution in [2.24, 2.45) is 23.1 Å². The normalized spacial score (nSPS) is 17.6. The van der Waals surface area contributed by atoms with Crippen molar-refractivity contribution in [2.45, 2.75) is 178 Å². The van der Waals surface area contributed by atoms with Crippen molar-refractivity contribution in [3.63, 3.8) is 0 Å². The summed E-state index contributed by atoms with van der Waals surface area (Å²) in [5.41, 5.74) is 18.1. The van der Waals surface area contributed by atoms with E-state index in [1.807, 2.05) is 6.07 Å². The molecule has 102 heavy (non-hydrogen) atoms. The summed E-state index contributed by atoms with van der Waals surface area (Å²) in [6.07, 6.45) is 3.29. The average molecular weight is 1440 g/mol. The number of H-pyrrole nitrogens is 1. The largest absolute Gasteiger partial charge is 0.481 e. The van der Waals surface area contributed by atoms with Gasteiger partial charge in [0.2, 0.25) is 88.6 Å². The maximum absolute atomic E-state index is 14.2. The lowest BCUT2D eigenvalue weighted by Crippen LogP contribution is -2.58. The monoisotopic (exact) mass is 1440 g/mol. The van der Waals surface area contributed by atoms with Gasteiger partial charge in [-0.3, -0.25) is 81.5 Å². The Morgan fingerprint density at radius 3 is 1.52 bits per heavy atom. The van der Waals surface area contributed by atoms with E-state index in [4.69, 9.17) is 22.3 Å². The van der Waals surface area contributed by atoms with Crippen LogP contribution in [0.25, 0.3) is 10.9 Å². The maximum Gasteiger partial charge on any atom is 0.322 e. The van der Waals surface area contributed by atoms with Gasteiger partial charge >= 0.3 is 11.9 Å². The first kappa shape index (κ1) is 82.3. The molecular weight excluding hydrogens is 1340 g/mol. The zero-order chi connectivity index (χ0) is 75.2. The smallest absolute Gasteiger partial charge is 0.322 e. The number of benzene rings is 1. The molecule has 0 aliphatic carbocycles. The van der Waals surface area contributed by atoms with Crippen molar-refractivity contribution in [2.75, 3.05) is 65.4 Å². The van der Waals surface area contributed by atoms with Crippen LogP contribution in [0, 0.1) is 5.92 Å². The van der Waals surface area contributed by atoms with Crippen LogP contribution in [0.2, 0.25) is 0 Å². The summed E-state index contributed by atoms with van der Waals surface area (Å²) in [7, 11) is 0. The molecule has 3 fully saturated rings. The molecule has 4 heterocycles. The Morgan fingerprint density at radius 1 is 0.510 bits per heavy atom. The van der Waals surface area contributed by atoms with Gasteiger partial charge in [-0.25, -0.2) is 0 Å². The Morgan fingerprint density at radius 2 is 1.01 bits per heavy atom. The minimum atomic E-state index is -1.87. The van der Waals surface area contributed by atoms with Crippen LogP contribution >= 0.6 is 0 Å². The fraction of sp³-hybridized carbons (Fsp3) is 0.609. The zero-order valence-electron chi connectivity index (χ0n) is 57.4. The third-order valence-corrected chi connectivity index (χ3v) is 17.2. The number of carbonyl (C=O) groups is 17. The van der Waals surface area contributed by atoms with Crippen LogP contribution in [0.4, 0.5) is 0 Å². The van der Waals surface area contributed by atoms with Gasteiger partial charge in [0.25, 0.3) is 0 Å². The second-order valence-electron chi connectivity index (χ2n) is 25.4. The standard InChI is InChI=1S/C64H97N19O19/c1-34(2)54(64(102)74-33-53(91)92)81-61(99)41(16-7-9-21-66)77-49(86)30-71-58(96)44(27-52(89)90)78-60(98)40(15-6-8-20-65)76-48(85)29-70-57(95)43(26-47(67)84)80-63(101)46-19-12-24-83(46)51(88)32-73-56(94)42(25-36-28-69-38-14-5-4-13-37(36)38)79-62(100)45-18-11-23-82(45)50(87)31-72-55(93)35(3)75-59(97)39-17-10-22-68-39/h4-5,13-14,28,34-35,39-46,54,68-69H,6-12,15-27,29-33,65-66H2,1-3H3,(H2,67,84)(H,70,95)(H,71,96)(H,72,93)(H,73,94)(H,74,102)(H,75,97)(H,76,85)(H,77,86)(H,78,98)(H,79,100)(H,80,101)(H,81,99)(H,89,90)(H,91,92)/t35-,39-,40-,41-,42-,43-,44-,45-,46-,54-/m0/s1. The number of aliphatic carboxylic acids is 2. The number of rotatable bonds is 42. The number of hydrogen-bond acceptors (Lipinski definition) is 20. The summed E-state index contributed by atoms with van der Waals surface area (Å²) in [4.78, 5) is 230. The second kappa shape index (κ2) is 41.4. The molecule has 3 aliphatic heterocycles. The molecule has 0 spiro atoms. The van der Waals surface area contributed by atoms with Crippen LogP contribution in [-0.2, 0) is 87.9 Å². The number of fused-ring (bicyclic) bond motifs is 1. The van der Waals surface area contributed by atoms with Gasteiger partial charge < -0.3 is 111 Å². The van der Waals surface area contributed by atoms with Crippen LogP contribution in [-0.4, -0.2) is 251 Å². The molecule has 0 unspecified atom stereocenters. The van der Waals surface area contributed by atoms with Gasteiger partial charge in [0.1, 0.15) is 60.9 Å². The van der Waals surface area contributed by atoms with Gasteiger partial charge in [-0.15, -0.1) is 0 Å². The Balaban J connectivity index is 1.18. The van der Waals surface area contributed by atoms with Crippen LogP contribution in [0.15, 0.2) is 30.5 Å². The van der Waals surface area contributed by atoms with Crippen molar-refractivity contribution in [3.05, 3.63) is 36.0 Å². The zero-order valence-corrected chi connectivity index (χ0v) is 57.4. The number of primary amides is 1. The molecule has 0 radical (unpaired) electrons. The first-order valence-corrected chi connectivity index (χ1v) is 34.0. The molecule has 2 aromatic rings. The highest BCUT2D eigenvalue weighted by Crippen LogP contribution is 2.23. The summed E-state index contributed by atoms with van der Waals surface area (Å²) < 4.78 is 0. The number of likely N-dealkylation sites (tertiary alicyclic amines) is 2. The summed E-state index contributed by atoms with van der Waals surface area (Å²) in [5, 5.41) is 51.6. The number of amides is 15. The van der Waals surface area contributed by atoms with E-state index in [0.29, 0.717) is 44.2 Å². The van der Waals surface area contributed by atoms with Crippen LogP contribution in [0.1, 0.15) is 116 Å². The number of nitrogens with one attached hydrogen (secondary N) is 14. The third-order valence-electron chi connectivity index (χ3n) is 17.2. The summed E-state index contributed by atoms with van der Waals surface area (Å²) in [6.45, 7) is 2.23. The molecule has 3 saturated heterocycles. The number of carboxylic acid groups (broad SMARTS) is 2. The van der Waals surface area contributed by atoms with Crippen molar-refractivity contribution in [1.82, 2.24) is 83.9 Å². The van der Waals surface area contributed by atoms with E-state index in [1.165, 1.54) is 11.8 Å². The van der Waals surface area contributed by atoms with E-state index >= 15 is 0 Å². The molecule has 1 aromatic carbocycles. The second-order valence-corrected chi connectivity index (χ2v) is 25.4. The molecule has 15 amide bonds. The Bertz CT molecular complexity index is 3360. The molecule has 10 atom stereocenters. The number of para-hydroxylation sites is 1. The van der Waals surface area contributed by atoms with E-state index in [1.54, 1.807) is 38.2 Å². The lowest BCUT2D eigenvalue weighted by atomic mass is 10.0. The van der Waals surface area contributed by atoms with Gasteiger partial charge in [0.15, 0.2) is 0 Å². The topological polar surface area (TPSA) is 587 Å². The molecule has 0 bridgehead atoms. The molecule has 5 rings (SSSR count). The van der Waals surface area contributed by atoms with E-state index in [0.717, 1.165) is 22.2 Å². The lowest BCUT2D eigenvalue weighted by Gasteiger charge is -2.28. The fourth-order valence-corrected chi connectivity index (χ4v) is 11.8. The number of unbranched alkanes of at least 4 members (excludes halogenated alkanes) is 2. The highest BCUT2D eigenvalue weighted by Gasteiger charge is 2.40. The number of hydrogen-bond donors (Lipinski definition) is 19. The highest BCUT2D eigenvalue weighted by atomic mass is 16.4. The molecule has 38 heteroatoms. The maximum atomic E-state index is 14.2. The molecule has 22 N–H and O–H groups in total. The average Bonchev–Trinajstić information content (AvgIpc) is 1.66. The number of aromatic amines is 1. The lowest BCUT2D eigenvalue weighted by molar-refractivity contribution is -0.141. The quantitative estimate of drug-likeness (QED) is 0.0275. The Hall–Kier alpha value is -10.4. The number of carbonyl (C=O) groups excluding carboxylic acids is 15. The van der Waals surface area contributed by atoms with Crippen molar-refractivity contribution in [1.29, 1.82) is 0 Å². The predicted octanol–water partition coefficient (Wildman–Crippen LogP) is -7.21. The van der Waals surface area contributed by atoms with Gasteiger partial charge in [0.05, 0.1) is 45.1 Å². The number of aromatic nitrogens is 1. The molecular formula is C64H97N19O19. The van der Waals surface area contributed by atoms with Crippen LogP contribution < -0.4 is 86.3 Å². The summed E-state index contributed by atoms with van der Waals surface area (Å²) in [6, 6.07) is -5.44. The fourth-order valence-electron chi connectivity index (χ4n) is 11.8. The number of nitrogens with zero attached hydrogens (tertiary/aromatic N) is 2. The van der Waals surface area contributed by atoms with Crippen molar-refractivity contribution < 1.29 is 91.7 Å². The minimum Gasteiger partial charge on any atom is -0.481 e. The third kappa shape index (κ3) is 26.3. The minimum absolute atomic E-state index is 0.00831. The van der Waals surface area contributed by atoms with Gasteiger partial charge in [-0.1, -0.05) is 32.0 Å². The first-order valence-electron chi connectivity index (χ1n) is 34.0. The number of carboxylic acids is 2. The Labute approximate surface area is 587 Å². The van der Waals surface area contributed by atoms with Gasteiger partial charge in [-0.05, 0) is 121 Å². The summed E-state index contributed by atoms with van der Waals surface area (Å²) >= 11 is 0. The van der Waals surface area contributed by atoms with E-state index in [9.17, 15) is 86.6 Å². The van der Waals surface area contributed by atoms with Crippen molar-refractivity contribution >= 4 is 111 Å². The highest BCUT2D eigenvalue weighted by molar-refractivity contribution is 6.00. The van der Waals surface area contributed by atoms with Gasteiger partial charge in [-0.2, -0.15) is 0 Å². The Kier molecular flexibility index (Phi) is 33.4. The summed E-state index contributed by atoms with van der Waals surface area (Å²) in [5.74, 6) is -16.2.